The van der Waals surface area contributed by atoms with Gasteiger partial charge in [0.2, 0.25) is 15.9 Å². The number of carbonyl (C=O) groups excluding carboxylic acids is 2. The van der Waals surface area contributed by atoms with Gasteiger partial charge in [0.05, 0.1) is 29.0 Å². The Balaban J connectivity index is 1.67. The van der Waals surface area contributed by atoms with E-state index < -0.39 is 21.8 Å². The fraction of sp³-hybridized carbons (Fsp3) is 0.294. The van der Waals surface area contributed by atoms with Crippen molar-refractivity contribution in [1.82, 2.24) is 9.62 Å². The van der Waals surface area contributed by atoms with Crippen LogP contribution < -0.4 is 10.6 Å². The second-order valence-corrected chi connectivity index (χ2v) is 7.97. The fourth-order valence-electron chi connectivity index (χ4n) is 2.70. The average molecular weight is 393 g/mol. The molecule has 144 valence electrons. The Morgan fingerprint density at radius 2 is 1.93 bits per heavy atom. The molecule has 3 rings (SSSR count). The van der Waals surface area contributed by atoms with E-state index in [1.165, 1.54) is 41.1 Å². The number of benzene rings is 1. The van der Waals surface area contributed by atoms with Gasteiger partial charge in [0, 0.05) is 13.1 Å². The molecule has 1 fully saturated rings. The van der Waals surface area contributed by atoms with Crippen LogP contribution in [-0.4, -0.2) is 49.3 Å². The Kier molecular flexibility index (Phi) is 5.47. The van der Waals surface area contributed by atoms with Gasteiger partial charge in [-0.15, -0.1) is 0 Å². The maximum atomic E-state index is 12.6. The van der Waals surface area contributed by atoms with Gasteiger partial charge in [-0.25, -0.2) is 8.42 Å². The highest BCUT2D eigenvalue weighted by Crippen LogP contribution is 2.29. The van der Waals surface area contributed by atoms with Gasteiger partial charge in [-0.05, 0) is 37.1 Å². The van der Waals surface area contributed by atoms with Crippen molar-refractivity contribution in [2.24, 2.45) is 0 Å². The van der Waals surface area contributed by atoms with E-state index in [2.05, 4.69) is 10.6 Å². The monoisotopic (exact) mass is 393 g/mol. The van der Waals surface area contributed by atoms with Gasteiger partial charge < -0.3 is 20.2 Å². The van der Waals surface area contributed by atoms with Crippen LogP contribution in [0.5, 0.6) is 5.75 Å². The first kappa shape index (κ1) is 18.9. The molecule has 1 saturated heterocycles. The highest BCUT2D eigenvalue weighted by atomic mass is 32.2. The van der Waals surface area contributed by atoms with E-state index in [0.29, 0.717) is 13.1 Å². The molecule has 9 nitrogen and oxygen atoms in total. The van der Waals surface area contributed by atoms with Crippen molar-refractivity contribution in [3.8, 4) is 5.75 Å². The van der Waals surface area contributed by atoms with Crippen LogP contribution in [0.25, 0.3) is 0 Å². The number of phenolic OH excluding ortho intramolecular Hbond substituents is 1. The van der Waals surface area contributed by atoms with Crippen LogP contribution in [0.4, 0.5) is 5.69 Å². The number of anilines is 1. The van der Waals surface area contributed by atoms with Gasteiger partial charge in [0.15, 0.2) is 0 Å². The molecule has 2 aromatic rings. The summed E-state index contributed by atoms with van der Waals surface area (Å²) in [4.78, 5) is 23.8. The first-order valence-corrected chi connectivity index (χ1v) is 9.75. The van der Waals surface area contributed by atoms with Crippen LogP contribution in [-0.2, 0) is 14.8 Å². The molecule has 0 saturated carbocycles. The van der Waals surface area contributed by atoms with Crippen LogP contribution in [0.15, 0.2) is 46.1 Å². The van der Waals surface area contributed by atoms with E-state index >= 15 is 0 Å². The zero-order valence-corrected chi connectivity index (χ0v) is 15.2. The van der Waals surface area contributed by atoms with Crippen molar-refractivity contribution < 1.29 is 27.5 Å². The number of amides is 2. The lowest BCUT2D eigenvalue weighted by atomic mass is 10.3. The van der Waals surface area contributed by atoms with Crippen LogP contribution >= 0.6 is 0 Å². The lowest BCUT2D eigenvalue weighted by molar-refractivity contribution is -0.115. The smallest absolute Gasteiger partial charge is 0.254 e. The number of nitrogens with one attached hydrogen (secondary N) is 2. The molecule has 2 heterocycles. The normalized spacial score (nSPS) is 14.8. The molecule has 0 bridgehead atoms. The zero-order chi connectivity index (χ0) is 19.4. The summed E-state index contributed by atoms with van der Waals surface area (Å²) in [6.07, 6.45) is 4.18. The van der Waals surface area contributed by atoms with Gasteiger partial charge in [0.1, 0.15) is 12.0 Å². The minimum atomic E-state index is -3.68. The van der Waals surface area contributed by atoms with E-state index in [9.17, 15) is 23.1 Å². The molecule has 3 N–H and O–H groups in total. The van der Waals surface area contributed by atoms with Crippen LogP contribution in [0.3, 0.4) is 0 Å². The summed E-state index contributed by atoms with van der Waals surface area (Å²) in [5.74, 6) is -1.38. The first-order valence-electron chi connectivity index (χ1n) is 8.31. The van der Waals surface area contributed by atoms with E-state index in [-0.39, 0.29) is 28.4 Å². The summed E-state index contributed by atoms with van der Waals surface area (Å²) in [5, 5.41) is 14.7. The number of aromatic hydroxyl groups is 1. The minimum Gasteiger partial charge on any atom is -0.506 e. The molecule has 0 spiro atoms. The summed E-state index contributed by atoms with van der Waals surface area (Å²) in [6, 6.07) is 5.16. The molecule has 0 radical (unpaired) electrons. The van der Waals surface area contributed by atoms with Crippen LogP contribution in [0.1, 0.15) is 23.2 Å². The van der Waals surface area contributed by atoms with Gasteiger partial charge in [0.25, 0.3) is 5.91 Å². The van der Waals surface area contributed by atoms with Gasteiger partial charge in [-0.1, -0.05) is 0 Å². The molecule has 1 aromatic heterocycles. The third kappa shape index (κ3) is 4.29. The van der Waals surface area contributed by atoms with Crippen molar-refractivity contribution in [2.75, 3.05) is 25.0 Å². The molecule has 1 aromatic carbocycles. The Bertz CT molecular complexity index is 934. The summed E-state index contributed by atoms with van der Waals surface area (Å²) in [7, 11) is -3.68. The first-order chi connectivity index (χ1) is 12.9. The number of rotatable bonds is 6. The molecule has 0 atom stereocenters. The third-order valence-corrected chi connectivity index (χ3v) is 6.03. The number of hydrogen-bond acceptors (Lipinski definition) is 6. The Hall–Kier alpha value is -2.85. The van der Waals surface area contributed by atoms with Gasteiger partial charge in [-0.2, -0.15) is 4.31 Å². The van der Waals surface area contributed by atoms with Crippen molar-refractivity contribution in [3.05, 3.63) is 42.4 Å². The van der Waals surface area contributed by atoms with Crippen molar-refractivity contribution >= 4 is 27.5 Å². The minimum absolute atomic E-state index is 0.0140. The lowest BCUT2D eigenvalue weighted by Crippen LogP contribution is -2.32. The number of nitrogens with zero attached hydrogens (tertiary/aromatic N) is 1. The molecule has 1 aliphatic heterocycles. The molecule has 0 aliphatic carbocycles. The topological polar surface area (TPSA) is 129 Å². The van der Waals surface area contributed by atoms with E-state index in [1.807, 2.05) is 0 Å². The number of phenols is 1. The SMILES string of the molecule is O=C(CNC(=O)c1ccoc1)Nc1cc(S(=O)(=O)N2CCCC2)ccc1O. The van der Waals surface area contributed by atoms with E-state index in [0.717, 1.165) is 12.8 Å². The quantitative estimate of drug-likeness (QED) is 0.631. The maximum absolute atomic E-state index is 12.6. The highest BCUT2D eigenvalue weighted by molar-refractivity contribution is 7.89. The summed E-state index contributed by atoms with van der Waals surface area (Å²) >= 11 is 0. The molecular weight excluding hydrogens is 374 g/mol. The summed E-state index contributed by atoms with van der Waals surface area (Å²) in [5.41, 5.74) is 0.224. The summed E-state index contributed by atoms with van der Waals surface area (Å²) < 4.78 is 31.3. The van der Waals surface area contributed by atoms with E-state index in [1.54, 1.807) is 0 Å². The van der Waals surface area contributed by atoms with Crippen molar-refractivity contribution in [3.63, 3.8) is 0 Å². The largest absolute Gasteiger partial charge is 0.506 e. The third-order valence-electron chi connectivity index (χ3n) is 4.14. The van der Waals surface area contributed by atoms with Gasteiger partial charge in [-0.3, -0.25) is 9.59 Å². The molecule has 27 heavy (non-hydrogen) atoms. The number of furan rings is 1. The zero-order valence-electron chi connectivity index (χ0n) is 14.3. The van der Waals surface area contributed by atoms with Gasteiger partial charge >= 0.3 is 0 Å². The standard InChI is InChI=1S/C17H19N3O6S/c21-15-4-3-13(27(24,25)20-6-1-2-7-20)9-14(15)19-16(22)10-18-17(23)12-5-8-26-11-12/h3-5,8-9,11,21H,1-2,6-7,10H2,(H,18,23)(H,19,22). The van der Waals surface area contributed by atoms with Crippen LogP contribution in [0.2, 0.25) is 0 Å². The molecule has 10 heteroatoms. The van der Waals surface area contributed by atoms with Crippen molar-refractivity contribution in [1.29, 1.82) is 0 Å². The fourth-order valence-corrected chi connectivity index (χ4v) is 4.25. The molecule has 2 amide bonds. The average Bonchev–Trinajstić information content (AvgIpc) is 3.35. The van der Waals surface area contributed by atoms with Crippen molar-refractivity contribution in [2.45, 2.75) is 17.7 Å². The predicted octanol–water partition coefficient (Wildman–Crippen LogP) is 1.14. The number of carbonyl (C=O) groups is 2. The molecule has 0 unspecified atom stereocenters. The molecular formula is C17H19N3O6S. The molecule has 1 aliphatic rings. The number of sulfonamides is 1. The Morgan fingerprint density at radius 1 is 1.19 bits per heavy atom. The second kappa shape index (κ2) is 7.80. The van der Waals surface area contributed by atoms with E-state index in [4.69, 9.17) is 4.42 Å². The van der Waals surface area contributed by atoms with Crippen LogP contribution in [0, 0.1) is 0 Å². The summed E-state index contributed by atoms with van der Waals surface area (Å²) in [6.45, 7) is 0.544. The predicted molar refractivity (Wildman–Crippen MR) is 95.8 cm³/mol. The Labute approximate surface area is 156 Å². The number of hydrogen-bond donors (Lipinski definition) is 3. The maximum Gasteiger partial charge on any atom is 0.254 e. The lowest BCUT2D eigenvalue weighted by Gasteiger charge is -2.16. The highest BCUT2D eigenvalue weighted by Gasteiger charge is 2.27. The second-order valence-electron chi connectivity index (χ2n) is 6.03. The Morgan fingerprint density at radius 3 is 2.59 bits per heavy atom.